The summed E-state index contributed by atoms with van der Waals surface area (Å²) in [7, 11) is 1.83. The zero-order chi connectivity index (χ0) is 16.3. The highest BCUT2D eigenvalue weighted by molar-refractivity contribution is 7.98. The predicted molar refractivity (Wildman–Crippen MR) is 105 cm³/mol. The molecule has 0 spiro atoms. The molecule has 0 unspecified atom stereocenters. The van der Waals surface area contributed by atoms with Gasteiger partial charge in [-0.05, 0) is 47.6 Å². The molecular formula is C19H27N3S. The van der Waals surface area contributed by atoms with Gasteiger partial charge in [0.1, 0.15) is 0 Å². The van der Waals surface area contributed by atoms with E-state index in [0.29, 0.717) is 0 Å². The van der Waals surface area contributed by atoms with Gasteiger partial charge in [-0.15, -0.1) is 0 Å². The van der Waals surface area contributed by atoms with Crippen molar-refractivity contribution < 1.29 is 0 Å². The predicted octanol–water partition coefficient (Wildman–Crippen LogP) is 3.69. The van der Waals surface area contributed by atoms with E-state index >= 15 is 0 Å². The molecule has 124 valence electrons. The van der Waals surface area contributed by atoms with E-state index < -0.39 is 0 Å². The zero-order valence-corrected chi connectivity index (χ0v) is 15.0. The first-order chi connectivity index (χ1) is 11.3. The Balaban J connectivity index is 1.78. The number of nitrogens with zero attached hydrogens (tertiary/aromatic N) is 1. The lowest BCUT2D eigenvalue weighted by molar-refractivity contribution is 0.731. The summed E-state index contributed by atoms with van der Waals surface area (Å²) in [6, 6.07) is 15.1. The van der Waals surface area contributed by atoms with E-state index in [1.165, 1.54) is 34.9 Å². The van der Waals surface area contributed by atoms with E-state index in [-0.39, 0.29) is 0 Å². The third kappa shape index (κ3) is 5.79. The normalized spacial score (nSPS) is 11.7. The number of rotatable bonds is 8. The fourth-order valence-corrected chi connectivity index (χ4v) is 3.12. The fraction of sp³-hybridized carbons (Fsp3) is 0.421. The van der Waals surface area contributed by atoms with Crippen molar-refractivity contribution >= 4 is 28.5 Å². The lowest BCUT2D eigenvalue weighted by atomic mass is 10.0. The van der Waals surface area contributed by atoms with Crippen molar-refractivity contribution in [2.45, 2.75) is 19.3 Å². The van der Waals surface area contributed by atoms with Gasteiger partial charge in [0, 0.05) is 20.1 Å². The second-order valence-corrected chi connectivity index (χ2v) is 6.50. The first-order valence-electron chi connectivity index (χ1n) is 8.25. The van der Waals surface area contributed by atoms with E-state index in [1.807, 2.05) is 18.8 Å². The number of hydrogen-bond acceptors (Lipinski definition) is 2. The number of fused-ring (bicyclic) bond motifs is 1. The molecule has 0 aliphatic carbocycles. The molecule has 23 heavy (non-hydrogen) atoms. The Labute approximate surface area is 144 Å². The summed E-state index contributed by atoms with van der Waals surface area (Å²) >= 11 is 1.90. The van der Waals surface area contributed by atoms with Crippen LogP contribution in [0.1, 0.15) is 18.4 Å². The van der Waals surface area contributed by atoms with Crippen LogP contribution < -0.4 is 10.6 Å². The Morgan fingerprint density at radius 2 is 1.78 bits per heavy atom. The molecule has 0 bridgehead atoms. The molecule has 0 radical (unpaired) electrons. The van der Waals surface area contributed by atoms with Crippen molar-refractivity contribution in [1.29, 1.82) is 0 Å². The van der Waals surface area contributed by atoms with Crippen molar-refractivity contribution in [2.24, 2.45) is 4.99 Å². The van der Waals surface area contributed by atoms with E-state index in [4.69, 9.17) is 0 Å². The maximum Gasteiger partial charge on any atom is 0.190 e. The van der Waals surface area contributed by atoms with E-state index in [2.05, 4.69) is 64.3 Å². The van der Waals surface area contributed by atoms with Gasteiger partial charge in [-0.1, -0.05) is 42.5 Å². The first-order valence-corrected chi connectivity index (χ1v) is 9.64. The lowest BCUT2D eigenvalue weighted by Crippen LogP contribution is -2.38. The van der Waals surface area contributed by atoms with Crippen LogP contribution in [0.3, 0.4) is 0 Å². The van der Waals surface area contributed by atoms with Crippen molar-refractivity contribution in [2.75, 3.05) is 32.1 Å². The molecule has 0 saturated heterocycles. The maximum atomic E-state index is 4.29. The topological polar surface area (TPSA) is 36.4 Å². The van der Waals surface area contributed by atoms with Gasteiger partial charge in [-0.25, -0.2) is 0 Å². The third-order valence-electron chi connectivity index (χ3n) is 3.86. The largest absolute Gasteiger partial charge is 0.356 e. The van der Waals surface area contributed by atoms with Gasteiger partial charge >= 0.3 is 0 Å². The van der Waals surface area contributed by atoms with Gasteiger partial charge in [0.05, 0.1) is 0 Å². The average molecular weight is 330 g/mol. The summed E-state index contributed by atoms with van der Waals surface area (Å²) in [6.45, 7) is 1.87. The summed E-state index contributed by atoms with van der Waals surface area (Å²) in [5.41, 5.74) is 1.38. The monoisotopic (exact) mass is 329 g/mol. The van der Waals surface area contributed by atoms with Gasteiger partial charge in [-0.3, -0.25) is 4.99 Å². The second kappa shape index (κ2) is 10.2. The zero-order valence-electron chi connectivity index (χ0n) is 14.1. The Bertz CT molecular complexity index is 620. The maximum absolute atomic E-state index is 4.29. The molecule has 0 heterocycles. The van der Waals surface area contributed by atoms with Gasteiger partial charge < -0.3 is 10.6 Å². The second-order valence-electron chi connectivity index (χ2n) is 5.51. The molecule has 0 aliphatic heterocycles. The summed E-state index contributed by atoms with van der Waals surface area (Å²) < 4.78 is 0. The summed E-state index contributed by atoms with van der Waals surface area (Å²) in [4.78, 5) is 4.29. The number of guanidine groups is 1. The Hall–Kier alpha value is -1.68. The minimum absolute atomic E-state index is 0.887. The van der Waals surface area contributed by atoms with Gasteiger partial charge in [0.25, 0.3) is 0 Å². The van der Waals surface area contributed by atoms with Crippen molar-refractivity contribution in [3.63, 3.8) is 0 Å². The average Bonchev–Trinajstić information content (AvgIpc) is 2.60. The quantitative estimate of drug-likeness (QED) is 0.440. The molecule has 2 N–H and O–H groups in total. The number of thioether (sulfide) groups is 1. The van der Waals surface area contributed by atoms with E-state index in [0.717, 1.165) is 25.5 Å². The van der Waals surface area contributed by atoms with Gasteiger partial charge in [-0.2, -0.15) is 11.8 Å². The van der Waals surface area contributed by atoms with Crippen LogP contribution in [-0.2, 0) is 6.42 Å². The summed E-state index contributed by atoms with van der Waals surface area (Å²) in [5.74, 6) is 2.13. The Morgan fingerprint density at radius 1 is 1.00 bits per heavy atom. The van der Waals surface area contributed by atoms with Crippen LogP contribution in [0.15, 0.2) is 47.5 Å². The minimum atomic E-state index is 0.887. The Kier molecular flexibility index (Phi) is 7.81. The van der Waals surface area contributed by atoms with Crippen LogP contribution in [0, 0.1) is 0 Å². The van der Waals surface area contributed by atoms with Crippen LogP contribution in [-0.4, -0.2) is 38.1 Å². The number of unbranched alkanes of at least 4 members (excludes halogenated alkanes) is 1. The highest BCUT2D eigenvalue weighted by Gasteiger charge is 2.01. The van der Waals surface area contributed by atoms with Crippen LogP contribution in [0.25, 0.3) is 10.8 Å². The molecule has 0 atom stereocenters. The minimum Gasteiger partial charge on any atom is -0.356 e. The molecule has 2 aromatic carbocycles. The van der Waals surface area contributed by atoms with Crippen molar-refractivity contribution in [3.05, 3.63) is 48.0 Å². The van der Waals surface area contributed by atoms with E-state index in [1.54, 1.807) is 0 Å². The van der Waals surface area contributed by atoms with Crippen molar-refractivity contribution in [1.82, 2.24) is 10.6 Å². The standard InChI is InChI=1S/C19H27N3S/c1-20-19(21-13-5-6-15-23-2)22-14-12-17-10-7-9-16-8-3-4-11-18(16)17/h3-4,7-11H,5-6,12-15H2,1-2H3,(H2,20,21,22). The smallest absolute Gasteiger partial charge is 0.190 e. The Morgan fingerprint density at radius 3 is 2.61 bits per heavy atom. The SMILES string of the molecule is CN=C(NCCCCSC)NCCc1cccc2ccccc12. The highest BCUT2D eigenvalue weighted by atomic mass is 32.2. The first kappa shape index (κ1) is 17.7. The number of nitrogens with one attached hydrogen (secondary N) is 2. The van der Waals surface area contributed by atoms with Crippen molar-refractivity contribution in [3.8, 4) is 0 Å². The molecule has 3 nitrogen and oxygen atoms in total. The number of aliphatic imine (C=N–C) groups is 1. The van der Waals surface area contributed by atoms with Crippen LogP contribution in [0.5, 0.6) is 0 Å². The van der Waals surface area contributed by atoms with E-state index in [9.17, 15) is 0 Å². The highest BCUT2D eigenvalue weighted by Crippen LogP contribution is 2.18. The number of benzene rings is 2. The number of hydrogen-bond donors (Lipinski definition) is 2. The summed E-state index contributed by atoms with van der Waals surface area (Å²) in [6.07, 6.45) is 5.59. The van der Waals surface area contributed by atoms with Crippen LogP contribution in [0.4, 0.5) is 0 Å². The third-order valence-corrected chi connectivity index (χ3v) is 4.55. The summed E-state index contributed by atoms with van der Waals surface area (Å²) in [5, 5.41) is 9.44. The molecule has 0 amide bonds. The molecule has 2 rings (SSSR count). The molecule has 4 heteroatoms. The lowest BCUT2D eigenvalue weighted by Gasteiger charge is -2.12. The molecule has 2 aromatic rings. The van der Waals surface area contributed by atoms with Gasteiger partial charge in [0.2, 0.25) is 0 Å². The molecule has 0 aromatic heterocycles. The molecular weight excluding hydrogens is 302 g/mol. The van der Waals surface area contributed by atoms with Crippen LogP contribution >= 0.6 is 11.8 Å². The molecule has 0 saturated carbocycles. The molecule has 0 aliphatic rings. The van der Waals surface area contributed by atoms with Crippen LogP contribution in [0.2, 0.25) is 0 Å². The van der Waals surface area contributed by atoms with Gasteiger partial charge in [0.15, 0.2) is 5.96 Å². The fourth-order valence-electron chi connectivity index (χ4n) is 2.62. The molecule has 0 fully saturated rings.